The summed E-state index contributed by atoms with van der Waals surface area (Å²) >= 11 is 0. The molecule has 0 aromatic rings. The van der Waals surface area contributed by atoms with Crippen LogP contribution in [0.15, 0.2) is 12.2 Å². The zero-order chi connectivity index (χ0) is 9.94. The van der Waals surface area contributed by atoms with Gasteiger partial charge in [0.2, 0.25) is 0 Å². The maximum atomic E-state index is 5.93. The molecule has 0 rings (SSSR count). The van der Waals surface area contributed by atoms with E-state index in [0.717, 1.165) is 6.42 Å². The zero-order valence-electron chi connectivity index (χ0n) is 9.15. The molecular formula is C11H23N. The molecule has 0 saturated carbocycles. The van der Waals surface area contributed by atoms with Gasteiger partial charge < -0.3 is 5.73 Å². The summed E-state index contributed by atoms with van der Waals surface area (Å²) in [4.78, 5) is 0. The number of allylic oxidation sites excluding steroid dienone is 1. The number of nitrogens with two attached hydrogens (primary N) is 1. The van der Waals surface area contributed by atoms with Crippen molar-refractivity contribution in [3.63, 3.8) is 0 Å². The average Bonchev–Trinajstić information content (AvgIpc) is 1.79. The summed E-state index contributed by atoms with van der Waals surface area (Å²) in [5.74, 6) is 0.537. The second-order valence-corrected chi connectivity index (χ2v) is 4.99. The summed E-state index contributed by atoms with van der Waals surface area (Å²) in [5, 5.41) is 0. The Morgan fingerprint density at radius 1 is 1.42 bits per heavy atom. The van der Waals surface area contributed by atoms with E-state index in [9.17, 15) is 0 Å². The Kier molecular flexibility index (Phi) is 3.98. The van der Waals surface area contributed by atoms with Crippen molar-refractivity contribution in [1.82, 2.24) is 0 Å². The summed E-state index contributed by atoms with van der Waals surface area (Å²) in [6.45, 7) is 14.8. The van der Waals surface area contributed by atoms with Gasteiger partial charge in [0.05, 0.1) is 0 Å². The topological polar surface area (TPSA) is 26.0 Å². The van der Waals surface area contributed by atoms with Gasteiger partial charge in [-0.15, -0.1) is 6.58 Å². The molecule has 72 valence electrons. The van der Waals surface area contributed by atoms with Gasteiger partial charge in [0, 0.05) is 6.04 Å². The lowest BCUT2D eigenvalue weighted by Crippen LogP contribution is -2.36. The minimum Gasteiger partial charge on any atom is -0.328 e. The number of rotatable bonds is 3. The summed E-state index contributed by atoms with van der Waals surface area (Å²) in [6.07, 6.45) is 1.04. The quantitative estimate of drug-likeness (QED) is 0.646. The maximum absolute atomic E-state index is 5.93. The standard InChI is InChI=1S/C11H23N/c1-8(2)7-10(9(3)12)11(4,5)6/h9-10H,1,7,12H2,2-6H3. The molecule has 0 bridgehead atoms. The fourth-order valence-electron chi connectivity index (χ4n) is 1.66. The van der Waals surface area contributed by atoms with Crippen molar-refractivity contribution in [3.8, 4) is 0 Å². The van der Waals surface area contributed by atoms with Gasteiger partial charge in [0.1, 0.15) is 0 Å². The average molecular weight is 169 g/mol. The number of hydrogen-bond donors (Lipinski definition) is 1. The minimum absolute atomic E-state index is 0.252. The molecule has 0 amide bonds. The summed E-state index contributed by atoms with van der Waals surface area (Å²) in [5.41, 5.74) is 7.44. The van der Waals surface area contributed by atoms with Crippen LogP contribution in [0, 0.1) is 11.3 Å². The van der Waals surface area contributed by atoms with Gasteiger partial charge in [0.15, 0.2) is 0 Å². The molecule has 2 N–H and O–H groups in total. The molecular weight excluding hydrogens is 146 g/mol. The second-order valence-electron chi connectivity index (χ2n) is 4.99. The first-order chi connectivity index (χ1) is 5.25. The van der Waals surface area contributed by atoms with Crippen LogP contribution in [0.4, 0.5) is 0 Å². The van der Waals surface area contributed by atoms with Crippen LogP contribution in [0.5, 0.6) is 0 Å². The highest BCUT2D eigenvalue weighted by Crippen LogP contribution is 2.32. The Hall–Kier alpha value is -0.300. The predicted molar refractivity (Wildman–Crippen MR) is 56.0 cm³/mol. The molecule has 0 saturated heterocycles. The van der Waals surface area contributed by atoms with Crippen molar-refractivity contribution in [2.75, 3.05) is 0 Å². The van der Waals surface area contributed by atoms with Crippen LogP contribution in [-0.4, -0.2) is 6.04 Å². The normalized spacial score (nSPS) is 17.2. The molecule has 0 heterocycles. The number of hydrogen-bond acceptors (Lipinski definition) is 1. The van der Waals surface area contributed by atoms with E-state index in [1.807, 2.05) is 0 Å². The van der Waals surface area contributed by atoms with Crippen molar-refractivity contribution in [2.24, 2.45) is 17.1 Å². The molecule has 0 aliphatic heterocycles. The van der Waals surface area contributed by atoms with E-state index in [4.69, 9.17) is 5.73 Å². The predicted octanol–water partition coefficient (Wildman–Crippen LogP) is 2.96. The van der Waals surface area contributed by atoms with Crippen molar-refractivity contribution < 1.29 is 0 Å². The van der Waals surface area contributed by atoms with Crippen LogP contribution in [0.3, 0.4) is 0 Å². The first-order valence-corrected chi connectivity index (χ1v) is 4.65. The summed E-state index contributed by atoms with van der Waals surface area (Å²) in [7, 11) is 0. The van der Waals surface area contributed by atoms with Crippen LogP contribution in [0.1, 0.15) is 41.0 Å². The lowest BCUT2D eigenvalue weighted by molar-refractivity contribution is 0.207. The van der Waals surface area contributed by atoms with Crippen molar-refractivity contribution in [1.29, 1.82) is 0 Å². The van der Waals surface area contributed by atoms with Gasteiger partial charge >= 0.3 is 0 Å². The first kappa shape index (κ1) is 11.7. The second kappa shape index (κ2) is 4.08. The highest BCUT2D eigenvalue weighted by atomic mass is 14.6. The molecule has 12 heavy (non-hydrogen) atoms. The fourth-order valence-corrected chi connectivity index (χ4v) is 1.66. The van der Waals surface area contributed by atoms with E-state index in [0.29, 0.717) is 5.92 Å². The SMILES string of the molecule is C=C(C)CC(C(C)N)C(C)(C)C. The highest BCUT2D eigenvalue weighted by Gasteiger charge is 2.27. The van der Waals surface area contributed by atoms with Crippen LogP contribution >= 0.6 is 0 Å². The molecule has 2 unspecified atom stereocenters. The van der Waals surface area contributed by atoms with Crippen LogP contribution < -0.4 is 5.73 Å². The van der Waals surface area contributed by atoms with Crippen molar-refractivity contribution in [3.05, 3.63) is 12.2 Å². The van der Waals surface area contributed by atoms with E-state index in [-0.39, 0.29) is 11.5 Å². The monoisotopic (exact) mass is 169 g/mol. The molecule has 0 fully saturated rings. The molecule has 0 aromatic carbocycles. The largest absolute Gasteiger partial charge is 0.328 e. The Morgan fingerprint density at radius 3 is 1.92 bits per heavy atom. The molecule has 0 spiro atoms. The molecule has 1 heteroatoms. The van der Waals surface area contributed by atoms with Crippen LogP contribution in [0.2, 0.25) is 0 Å². The third-order valence-corrected chi connectivity index (χ3v) is 2.32. The van der Waals surface area contributed by atoms with E-state index in [1.54, 1.807) is 0 Å². The van der Waals surface area contributed by atoms with Gasteiger partial charge in [-0.25, -0.2) is 0 Å². The van der Waals surface area contributed by atoms with Crippen LogP contribution in [0.25, 0.3) is 0 Å². The molecule has 2 atom stereocenters. The molecule has 0 radical (unpaired) electrons. The Labute approximate surface area is 77.0 Å². The summed E-state index contributed by atoms with van der Waals surface area (Å²) < 4.78 is 0. The van der Waals surface area contributed by atoms with Gasteiger partial charge in [-0.05, 0) is 31.6 Å². The third kappa shape index (κ3) is 3.91. The molecule has 1 nitrogen and oxygen atoms in total. The van der Waals surface area contributed by atoms with E-state index in [2.05, 4.69) is 41.2 Å². The minimum atomic E-state index is 0.252. The third-order valence-electron chi connectivity index (χ3n) is 2.32. The van der Waals surface area contributed by atoms with Crippen LogP contribution in [-0.2, 0) is 0 Å². The maximum Gasteiger partial charge on any atom is 0.00468 e. The van der Waals surface area contributed by atoms with Gasteiger partial charge in [-0.3, -0.25) is 0 Å². The highest BCUT2D eigenvalue weighted by molar-refractivity contribution is 4.95. The smallest absolute Gasteiger partial charge is 0.00468 e. The zero-order valence-corrected chi connectivity index (χ0v) is 9.15. The summed E-state index contributed by atoms with van der Waals surface area (Å²) in [6, 6.07) is 0.252. The lowest BCUT2D eigenvalue weighted by Gasteiger charge is -2.34. The fraction of sp³-hybridized carbons (Fsp3) is 0.818. The van der Waals surface area contributed by atoms with Gasteiger partial charge in [0.25, 0.3) is 0 Å². The van der Waals surface area contributed by atoms with Crippen molar-refractivity contribution >= 4 is 0 Å². The van der Waals surface area contributed by atoms with Gasteiger partial charge in [-0.1, -0.05) is 26.3 Å². The molecule has 0 aliphatic rings. The lowest BCUT2D eigenvalue weighted by atomic mass is 9.74. The van der Waals surface area contributed by atoms with E-state index >= 15 is 0 Å². The Morgan fingerprint density at radius 2 is 1.83 bits per heavy atom. The Balaban J connectivity index is 4.35. The first-order valence-electron chi connectivity index (χ1n) is 4.65. The van der Waals surface area contributed by atoms with E-state index < -0.39 is 0 Å². The molecule has 0 aliphatic carbocycles. The van der Waals surface area contributed by atoms with Gasteiger partial charge in [-0.2, -0.15) is 0 Å². The Bertz CT molecular complexity index is 151. The van der Waals surface area contributed by atoms with Crippen molar-refractivity contribution in [2.45, 2.75) is 47.1 Å². The molecule has 0 aromatic heterocycles. The van der Waals surface area contributed by atoms with E-state index in [1.165, 1.54) is 5.57 Å².